The van der Waals surface area contributed by atoms with Gasteiger partial charge in [0.05, 0.1) is 35.1 Å². The summed E-state index contributed by atoms with van der Waals surface area (Å²) in [5.41, 5.74) is 10.6. The Morgan fingerprint density at radius 3 is 2.73 bits per heavy atom. The van der Waals surface area contributed by atoms with E-state index in [-0.39, 0.29) is 5.82 Å². The molecule has 0 amide bonds. The zero-order valence-electron chi connectivity index (χ0n) is 21.4. The molecule has 40 heavy (non-hydrogen) atoms. The number of aryl methyl sites for hydroxylation is 1. The number of nitrogens with two attached hydrogens (primary N) is 1. The summed E-state index contributed by atoms with van der Waals surface area (Å²) < 4.78 is 13.4. The van der Waals surface area contributed by atoms with Gasteiger partial charge in [-0.15, -0.1) is 0 Å². The number of hydrogen-bond acceptors (Lipinski definition) is 11. The minimum absolute atomic E-state index is 0.249. The van der Waals surface area contributed by atoms with E-state index >= 15 is 0 Å². The zero-order valence-corrected chi connectivity index (χ0v) is 22.2. The highest BCUT2D eigenvalue weighted by molar-refractivity contribution is 7.98. The van der Waals surface area contributed by atoms with Crippen LogP contribution in [0.4, 0.5) is 5.82 Å². The van der Waals surface area contributed by atoms with Crippen LogP contribution >= 0.6 is 11.8 Å². The Bertz CT molecular complexity index is 1700. The molecule has 202 valence electrons. The van der Waals surface area contributed by atoms with Crippen molar-refractivity contribution < 1.29 is 19.5 Å². The van der Waals surface area contributed by atoms with Crippen LogP contribution in [0.5, 0.6) is 0 Å². The van der Waals surface area contributed by atoms with Crippen molar-refractivity contribution in [1.82, 2.24) is 29.9 Å². The van der Waals surface area contributed by atoms with Crippen LogP contribution in [-0.4, -0.2) is 64.2 Å². The molecule has 0 aliphatic carbocycles. The number of aliphatic hydroxyl groups excluding tert-OH is 2. The molecule has 1 aliphatic heterocycles. The van der Waals surface area contributed by atoms with E-state index in [4.69, 9.17) is 15.0 Å². The van der Waals surface area contributed by atoms with Gasteiger partial charge in [0.1, 0.15) is 30.0 Å². The zero-order chi connectivity index (χ0) is 27.6. The summed E-state index contributed by atoms with van der Waals surface area (Å²) in [7, 11) is 0. The van der Waals surface area contributed by atoms with E-state index in [0.717, 1.165) is 22.6 Å². The molecule has 5 heterocycles. The molecule has 1 saturated heterocycles. The predicted molar refractivity (Wildman–Crippen MR) is 149 cm³/mol. The van der Waals surface area contributed by atoms with Crippen LogP contribution in [0.2, 0.25) is 0 Å². The molecule has 1 aromatic carbocycles. The van der Waals surface area contributed by atoms with Crippen molar-refractivity contribution in [2.75, 3.05) is 11.5 Å². The second-order valence-electron chi connectivity index (χ2n) is 9.29. The summed E-state index contributed by atoms with van der Waals surface area (Å²) in [5, 5.41) is 34.2. The first-order chi connectivity index (χ1) is 19.5. The number of rotatable bonds is 6. The molecule has 0 unspecified atom stereocenters. The largest absolute Gasteiger partial charge is 0.387 e. The summed E-state index contributed by atoms with van der Waals surface area (Å²) >= 11 is 1.57. The van der Waals surface area contributed by atoms with E-state index in [2.05, 4.69) is 37.2 Å². The Labute approximate surface area is 233 Å². The topological polar surface area (TPSA) is 158 Å². The Balaban J connectivity index is 1.22. The summed E-state index contributed by atoms with van der Waals surface area (Å²) in [6.45, 7) is 1.91. The number of thioether (sulfide) groups is 1. The number of hydrogen-bond donors (Lipinski definition) is 3. The van der Waals surface area contributed by atoms with Crippen molar-refractivity contribution in [3.8, 4) is 23.2 Å². The van der Waals surface area contributed by atoms with Gasteiger partial charge in [-0.05, 0) is 13.0 Å². The third-order valence-corrected chi connectivity index (χ3v) is 7.78. The van der Waals surface area contributed by atoms with E-state index < -0.39 is 24.5 Å². The second-order valence-corrected chi connectivity index (χ2v) is 10.3. The van der Waals surface area contributed by atoms with E-state index in [1.807, 2.05) is 37.3 Å². The Morgan fingerprint density at radius 2 is 1.93 bits per heavy atom. The van der Waals surface area contributed by atoms with Gasteiger partial charge in [-0.3, -0.25) is 0 Å². The van der Waals surface area contributed by atoms with Gasteiger partial charge in [-0.25, -0.2) is 9.97 Å². The monoisotopic (exact) mass is 555 g/mol. The minimum atomic E-state index is -1.19. The maximum absolute atomic E-state index is 11.0. The second kappa shape index (κ2) is 11.1. The lowest BCUT2D eigenvalue weighted by atomic mass is 10.1. The van der Waals surface area contributed by atoms with E-state index in [1.54, 1.807) is 41.0 Å². The van der Waals surface area contributed by atoms with Gasteiger partial charge in [-0.1, -0.05) is 47.3 Å². The molecule has 4 atom stereocenters. The van der Waals surface area contributed by atoms with Crippen molar-refractivity contribution in [3.05, 3.63) is 83.7 Å². The van der Waals surface area contributed by atoms with E-state index in [1.165, 1.54) is 6.33 Å². The molecule has 6 rings (SSSR count). The fourth-order valence-electron chi connectivity index (χ4n) is 4.65. The molecule has 0 radical (unpaired) electrons. The number of fused-ring (bicyclic) bond motifs is 1. The van der Waals surface area contributed by atoms with Crippen LogP contribution < -0.4 is 5.73 Å². The summed E-state index contributed by atoms with van der Waals surface area (Å²) in [6, 6.07) is 11.5. The number of aromatic nitrogens is 6. The lowest BCUT2D eigenvalue weighted by Gasteiger charge is -2.17. The molecule has 1 aliphatic rings. The third-order valence-electron chi connectivity index (χ3n) is 6.72. The maximum atomic E-state index is 11.0. The standard InChI is InChI=1S/C28H25N7O4S/c1-16-20(25(39-34-16)18-5-3-2-4-6-18)13-40-14-21-23(36)24(37)28(38-21)35-12-19(8-7-17-9-10-32-33-11-17)22-26(29)30-15-31-27(22)35/h2-6,9-12,15,21,23-24,28,36-37H,13-14H2,1H3,(H2,29,30,31)/t21-,23-,24-,28-/m1/s1. The number of ether oxygens (including phenoxy) is 1. The van der Waals surface area contributed by atoms with Crippen LogP contribution in [-0.2, 0) is 10.5 Å². The highest BCUT2D eigenvalue weighted by Crippen LogP contribution is 2.36. The number of benzene rings is 1. The van der Waals surface area contributed by atoms with Crippen molar-refractivity contribution in [2.24, 2.45) is 0 Å². The van der Waals surface area contributed by atoms with Gasteiger partial charge in [0.15, 0.2) is 12.0 Å². The highest BCUT2D eigenvalue weighted by atomic mass is 32.2. The summed E-state index contributed by atoms with van der Waals surface area (Å²) in [4.78, 5) is 8.48. The predicted octanol–water partition coefficient (Wildman–Crippen LogP) is 2.72. The van der Waals surface area contributed by atoms with Gasteiger partial charge in [0, 0.05) is 34.4 Å². The minimum Gasteiger partial charge on any atom is -0.387 e. The quantitative estimate of drug-likeness (QED) is 0.265. The number of nitrogen functional groups attached to an aromatic ring is 1. The van der Waals surface area contributed by atoms with E-state index in [9.17, 15) is 10.2 Å². The number of nitrogens with zero attached hydrogens (tertiary/aromatic N) is 6. The van der Waals surface area contributed by atoms with Crippen LogP contribution in [0.15, 0.2) is 65.8 Å². The maximum Gasteiger partial charge on any atom is 0.171 e. The number of anilines is 1. The molecular formula is C28H25N7O4S. The molecule has 5 aromatic rings. The molecular weight excluding hydrogens is 530 g/mol. The van der Waals surface area contributed by atoms with Crippen molar-refractivity contribution in [2.45, 2.75) is 37.2 Å². The van der Waals surface area contributed by atoms with Gasteiger partial charge in [-0.2, -0.15) is 22.0 Å². The van der Waals surface area contributed by atoms with Gasteiger partial charge in [0.25, 0.3) is 0 Å². The Kier molecular flexibility index (Phi) is 7.19. The Morgan fingerprint density at radius 1 is 1.07 bits per heavy atom. The molecule has 4 N–H and O–H groups in total. The van der Waals surface area contributed by atoms with Crippen molar-refractivity contribution in [3.63, 3.8) is 0 Å². The van der Waals surface area contributed by atoms with E-state index in [0.29, 0.717) is 33.7 Å². The van der Waals surface area contributed by atoms with Crippen molar-refractivity contribution in [1.29, 1.82) is 0 Å². The van der Waals surface area contributed by atoms with Crippen LogP contribution in [0.1, 0.15) is 28.6 Å². The first-order valence-electron chi connectivity index (χ1n) is 12.5. The molecule has 12 heteroatoms. The molecule has 11 nitrogen and oxygen atoms in total. The first kappa shape index (κ1) is 26.0. The van der Waals surface area contributed by atoms with Crippen LogP contribution in [0.3, 0.4) is 0 Å². The van der Waals surface area contributed by atoms with Crippen LogP contribution in [0, 0.1) is 18.8 Å². The average Bonchev–Trinajstić information content (AvgIpc) is 3.63. The first-order valence-corrected chi connectivity index (χ1v) is 13.7. The molecule has 1 fully saturated rings. The van der Waals surface area contributed by atoms with Crippen LogP contribution in [0.25, 0.3) is 22.4 Å². The molecule has 0 bridgehead atoms. The fourth-order valence-corrected chi connectivity index (χ4v) is 5.82. The number of aliphatic hydroxyl groups is 2. The summed E-state index contributed by atoms with van der Waals surface area (Å²) in [6.07, 6.45) is 2.34. The lowest BCUT2D eigenvalue weighted by Crippen LogP contribution is -2.32. The Hall–Kier alpha value is -4.28. The molecule has 0 spiro atoms. The summed E-state index contributed by atoms with van der Waals surface area (Å²) in [5.74, 6) is 8.13. The van der Waals surface area contributed by atoms with Gasteiger partial charge >= 0.3 is 0 Å². The smallest absolute Gasteiger partial charge is 0.171 e. The normalized spacial score (nSPS) is 20.5. The SMILES string of the molecule is Cc1noc(-c2ccccc2)c1CSC[C@H]1O[C@@H](n2cc(C#Cc3ccnnc3)c3c(N)ncnc32)[C@H](O)[C@@H]1O. The lowest BCUT2D eigenvalue weighted by molar-refractivity contribution is -0.0285. The fraction of sp³-hybridized carbons (Fsp3) is 0.250. The van der Waals surface area contributed by atoms with Gasteiger partial charge < -0.3 is 29.8 Å². The van der Waals surface area contributed by atoms with Crippen molar-refractivity contribution >= 4 is 28.6 Å². The molecule has 4 aromatic heterocycles. The molecule has 0 saturated carbocycles. The average molecular weight is 556 g/mol. The third kappa shape index (κ3) is 4.91. The highest BCUT2D eigenvalue weighted by Gasteiger charge is 2.44. The van der Waals surface area contributed by atoms with Gasteiger partial charge in [0.2, 0.25) is 0 Å².